The molecule has 1 heterocycles. The highest BCUT2D eigenvalue weighted by molar-refractivity contribution is 5.90. The Labute approximate surface area is 145 Å². The monoisotopic (exact) mass is 336 g/mol. The van der Waals surface area contributed by atoms with Crippen LogP contribution in [0.15, 0.2) is 53.3 Å². The predicted octanol–water partition coefficient (Wildman–Crippen LogP) is 3.27. The summed E-state index contributed by atoms with van der Waals surface area (Å²) in [5.41, 5.74) is 2.21. The Morgan fingerprint density at radius 2 is 2.00 bits per heavy atom. The molecule has 3 rings (SSSR count). The standard InChI is InChI=1S/C19H20N4O2/c1-2-6-17(24)21-14-8-5-7-13(11-14)12-20-19-22-16-10-4-3-9-15(16)18(25)23-19/h3-5,7-11H,2,6,12H2,1H3,(H,21,24)(H2,20,22,23,25). The topological polar surface area (TPSA) is 86.9 Å². The fourth-order valence-electron chi connectivity index (χ4n) is 2.57. The van der Waals surface area contributed by atoms with E-state index in [2.05, 4.69) is 20.6 Å². The first-order chi connectivity index (χ1) is 12.2. The minimum absolute atomic E-state index is 0.00753. The van der Waals surface area contributed by atoms with Gasteiger partial charge in [-0.3, -0.25) is 14.6 Å². The number of hydrogen-bond acceptors (Lipinski definition) is 4. The van der Waals surface area contributed by atoms with Gasteiger partial charge in [0.05, 0.1) is 10.9 Å². The van der Waals surface area contributed by atoms with Gasteiger partial charge >= 0.3 is 0 Å². The summed E-state index contributed by atoms with van der Waals surface area (Å²) in [5, 5.41) is 6.56. The average molecular weight is 336 g/mol. The van der Waals surface area contributed by atoms with Crippen molar-refractivity contribution in [3.8, 4) is 0 Å². The lowest BCUT2D eigenvalue weighted by Crippen LogP contribution is -2.13. The number of aromatic nitrogens is 2. The maximum Gasteiger partial charge on any atom is 0.260 e. The number of hydrogen-bond donors (Lipinski definition) is 3. The van der Waals surface area contributed by atoms with Crippen molar-refractivity contribution in [3.63, 3.8) is 0 Å². The molecule has 3 N–H and O–H groups in total. The molecular formula is C19H20N4O2. The van der Waals surface area contributed by atoms with Crippen LogP contribution in [0.4, 0.5) is 11.6 Å². The molecule has 1 aromatic heterocycles. The third-order valence-corrected chi connectivity index (χ3v) is 3.76. The smallest absolute Gasteiger partial charge is 0.260 e. The number of carbonyl (C=O) groups excluding carboxylic acids is 1. The zero-order valence-corrected chi connectivity index (χ0v) is 14.0. The molecule has 128 valence electrons. The Hall–Kier alpha value is -3.15. The van der Waals surface area contributed by atoms with E-state index >= 15 is 0 Å². The summed E-state index contributed by atoms with van der Waals surface area (Å²) < 4.78 is 0. The quantitative estimate of drug-likeness (QED) is 0.645. The maximum absolute atomic E-state index is 12.1. The number of nitrogens with zero attached hydrogens (tertiary/aromatic N) is 1. The van der Waals surface area contributed by atoms with Gasteiger partial charge in [-0.05, 0) is 36.2 Å². The van der Waals surface area contributed by atoms with Crippen molar-refractivity contribution in [1.82, 2.24) is 9.97 Å². The van der Waals surface area contributed by atoms with Gasteiger partial charge in [-0.25, -0.2) is 4.98 Å². The van der Waals surface area contributed by atoms with Crippen molar-refractivity contribution in [2.24, 2.45) is 0 Å². The number of benzene rings is 2. The van der Waals surface area contributed by atoms with Gasteiger partial charge in [-0.1, -0.05) is 31.2 Å². The molecule has 3 aromatic rings. The van der Waals surface area contributed by atoms with Crippen molar-refractivity contribution < 1.29 is 4.79 Å². The van der Waals surface area contributed by atoms with Crippen LogP contribution in [-0.4, -0.2) is 15.9 Å². The van der Waals surface area contributed by atoms with Crippen LogP contribution in [0.1, 0.15) is 25.3 Å². The van der Waals surface area contributed by atoms with E-state index in [0.717, 1.165) is 17.7 Å². The number of carbonyl (C=O) groups is 1. The number of rotatable bonds is 6. The largest absolute Gasteiger partial charge is 0.352 e. The van der Waals surface area contributed by atoms with Crippen molar-refractivity contribution in [2.45, 2.75) is 26.3 Å². The summed E-state index contributed by atoms with van der Waals surface area (Å²) in [5.74, 6) is 0.428. The van der Waals surface area contributed by atoms with Crippen LogP contribution in [0.2, 0.25) is 0 Å². The van der Waals surface area contributed by atoms with E-state index in [1.165, 1.54) is 0 Å². The van der Waals surface area contributed by atoms with Gasteiger partial charge in [0.2, 0.25) is 11.9 Å². The lowest BCUT2D eigenvalue weighted by Gasteiger charge is -2.09. The summed E-state index contributed by atoms with van der Waals surface area (Å²) in [6.45, 7) is 2.45. The van der Waals surface area contributed by atoms with E-state index in [-0.39, 0.29) is 11.5 Å². The van der Waals surface area contributed by atoms with Crippen LogP contribution in [0.5, 0.6) is 0 Å². The second-order valence-electron chi connectivity index (χ2n) is 5.78. The molecule has 6 nitrogen and oxygen atoms in total. The summed E-state index contributed by atoms with van der Waals surface area (Å²) in [6.07, 6.45) is 1.32. The maximum atomic E-state index is 12.1. The first kappa shape index (κ1) is 16.7. The minimum atomic E-state index is -0.173. The van der Waals surface area contributed by atoms with Crippen LogP contribution in [0.25, 0.3) is 10.9 Å². The van der Waals surface area contributed by atoms with E-state index < -0.39 is 0 Å². The molecule has 0 saturated heterocycles. The van der Waals surface area contributed by atoms with Crippen molar-refractivity contribution in [3.05, 3.63) is 64.4 Å². The van der Waals surface area contributed by atoms with Gasteiger partial charge in [-0.15, -0.1) is 0 Å². The first-order valence-corrected chi connectivity index (χ1v) is 8.27. The second-order valence-corrected chi connectivity index (χ2v) is 5.78. The third-order valence-electron chi connectivity index (χ3n) is 3.76. The number of aromatic amines is 1. The van der Waals surface area contributed by atoms with Gasteiger partial charge in [0.15, 0.2) is 0 Å². The summed E-state index contributed by atoms with van der Waals surface area (Å²) >= 11 is 0. The van der Waals surface area contributed by atoms with Crippen LogP contribution < -0.4 is 16.2 Å². The molecule has 6 heteroatoms. The second kappa shape index (κ2) is 7.61. The molecule has 0 atom stereocenters. The van der Waals surface area contributed by atoms with E-state index in [1.54, 1.807) is 12.1 Å². The molecule has 25 heavy (non-hydrogen) atoms. The molecule has 0 aliphatic heterocycles. The Balaban J connectivity index is 1.71. The number of H-pyrrole nitrogens is 1. The Kier molecular flexibility index (Phi) is 5.09. The highest BCUT2D eigenvalue weighted by atomic mass is 16.1. The number of fused-ring (bicyclic) bond motifs is 1. The Bertz CT molecular complexity index is 949. The van der Waals surface area contributed by atoms with Gasteiger partial charge in [0.1, 0.15) is 0 Å². The SMILES string of the molecule is CCCC(=O)Nc1cccc(CNc2nc3ccccc3c(=O)[nH]2)c1. The average Bonchev–Trinajstić information content (AvgIpc) is 2.60. The van der Waals surface area contributed by atoms with Gasteiger partial charge in [0.25, 0.3) is 5.56 Å². The highest BCUT2D eigenvalue weighted by Crippen LogP contribution is 2.13. The minimum Gasteiger partial charge on any atom is -0.352 e. The van der Waals surface area contributed by atoms with Crippen LogP contribution >= 0.6 is 0 Å². The van der Waals surface area contributed by atoms with Crippen molar-refractivity contribution >= 4 is 28.4 Å². The fourth-order valence-corrected chi connectivity index (χ4v) is 2.57. The lowest BCUT2D eigenvalue weighted by atomic mass is 10.2. The van der Waals surface area contributed by atoms with Crippen molar-refractivity contribution in [1.29, 1.82) is 0 Å². The zero-order chi connectivity index (χ0) is 17.6. The highest BCUT2D eigenvalue weighted by Gasteiger charge is 2.04. The summed E-state index contributed by atoms with van der Waals surface area (Å²) in [6, 6.07) is 14.8. The molecule has 0 saturated carbocycles. The number of nitrogens with one attached hydrogen (secondary N) is 3. The van der Waals surface area contributed by atoms with E-state index in [4.69, 9.17) is 0 Å². The molecular weight excluding hydrogens is 316 g/mol. The molecule has 0 aliphatic carbocycles. The lowest BCUT2D eigenvalue weighted by molar-refractivity contribution is -0.116. The summed E-state index contributed by atoms with van der Waals surface area (Å²) in [4.78, 5) is 30.9. The zero-order valence-electron chi connectivity index (χ0n) is 14.0. The summed E-state index contributed by atoms with van der Waals surface area (Å²) in [7, 11) is 0. The van der Waals surface area contributed by atoms with Crippen LogP contribution in [-0.2, 0) is 11.3 Å². The molecule has 0 bridgehead atoms. The number of anilines is 2. The van der Waals surface area contributed by atoms with E-state index in [0.29, 0.717) is 29.8 Å². The molecule has 0 fully saturated rings. The van der Waals surface area contributed by atoms with Crippen molar-refractivity contribution in [2.75, 3.05) is 10.6 Å². The molecule has 2 aromatic carbocycles. The van der Waals surface area contributed by atoms with Gasteiger partial charge in [-0.2, -0.15) is 0 Å². The molecule has 0 unspecified atom stereocenters. The predicted molar refractivity (Wildman–Crippen MR) is 99.7 cm³/mol. The molecule has 0 aliphatic rings. The van der Waals surface area contributed by atoms with Gasteiger partial charge in [0, 0.05) is 18.7 Å². The number of para-hydroxylation sites is 1. The molecule has 1 amide bonds. The fraction of sp³-hybridized carbons (Fsp3) is 0.211. The van der Waals surface area contributed by atoms with E-state index in [9.17, 15) is 9.59 Å². The Morgan fingerprint density at radius 3 is 2.84 bits per heavy atom. The van der Waals surface area contributed by atoms with Gasteiger partial charge < -0.3 is 10.6 Å². The number of amides is 1. The normalized spacial score (nSPS) is 10.6. The first-order valence-electron chi connectivity index (χ1n) is 8.27. The van der Waals surface area contributed by atoms with Crippen LogP contribution in [0, 0.1) is 0 Å². The molecule has 0 spiro atoms. The van der Waals surface area contributed by atoms with E-state index in [1.807, 2.05) is 43.3 Å². The van der Waals surface area contributed by atoms with Crippen LogP contribution in [0.3, 0.4) is 0 Å². The Morgan fingerprint density at radius 1 is 1.16 bits per heavy atom. The molecule has 0 radical (unpaired) electrons. The third kappa shape index (κ3) is 4.23.